The lowest BCUT2D eigenvalue weighted by molar-refractivity contribution is -0.0569. The van der Waals surface area contributed by atoms with Crippen LogP contribution < -0.4 is 11.2 Å². The number of hydrogen-bond acceptors (Lipinski definition) is 9. The first kappa shape index (κ1) is 29.3. The number of halogens is 1. The van der Waals surface area contributed by atoms with Gasteiger partial charge in [0.25, 0.3) is 5.56 Å². The van der Waals surface area contributed by atoms with Crippen molar-refractivity contribution in [2.45, 2.75) is 72.3 Å². The molecule has 0 bridgehead atoms. The summed E-state index contributed by atoms with van der Waals surface area (Å²) in [5.41, 5.74) is -3.38. The molecule has 1 unspecified atom stereocenters. The molecule has 1 rings (SSSR count). The molecule has 194 valence electrons. The van der Waals surface area contributed by atoms with Gasteiger partial charge in [0.1, 0.15) is 30.7 Å². The molecule has 1 heterocycles. The lowest BCUT2D eigenvalue weighted by Crippen LogP contribution is -2.47. The molecule has 1 aromatic heterocycles. The van der Waals surface area contributed by atoms with Crippen molar-refractivity contribution in [3.63, 3.8) is 0 Å². The van der Waals surface area contributed by atoms with Gasteiger partial charge in [0.05, 0.1) is 19.8 Å². The largest absolute Gasteiger partial charge is 0.508 e. The number of aromatic nitrogens is 2. The fourth-order valence-corrected chi connectivity index (χ4v) is 2.60. The molecule has 0 aliphatic carbocycles. The standard InChI is InChI=1S/C22H35FN2O9/c1-15-14-24(18(27)25(17(15)26)19(28)33-21(2,3)4)16(8-10-30-11-9-23)31-12-13-32-20(29)34-22(5,6)7/h14,16H,8-13H2,1-7H3. The molecule has 0 fully saturated rings. The molecule has 1 aromatic rings. The molecule has 0 saturated carbocycles. The second-order valence-corrected chi connectivity index (χ2v) is 9.35. The monoisotopic (exact) mass is 490 g/mol. The molecule has 0 amide bonds. The van der Waals surface area contributed by atoms with Crippen molar-refractivity contribution in [2.75, 3.05) is 33.1 Å². The van der Waals surface area contributed by atoms with Gasteiger partial charge in [-0.1, -0.05) is 0 Å². The molecule has 12 heteroatoms. The normalized spacial score (nSPS) is 12.8. The van der Waals surface area contributed by atoms with Crippen LogP contribution in [0.25, 0.3) is 0 Å². The Bertz CT molecular complexity index is 942. The molecule has 0 spiro atoms. The predicted octanol–water partition coefficient (Wildman–Crippen LogP) is 2.94. The van der Waals surface area contributed by atoms with Crippen LogP contribution in [-0.2, 0) is 23.7 Å². The highest BCUT2D eigenvalue weighted by Crippen LogP contribution is 2.13. The van der Waals surface area contributed by atoms with Gasteiger partial charge in [0.15, 0.2) is 0 Å². The number of alkyl halides is 1. The first-order valence-corrected chi connectivity index (χ1v) is 10.9. The smallest absolute Gasteiger partial charge is 0.443 e. The summed E-state index contributed by atoms with van der Waals surface area (Å²) in [5.74, 6) is 0. The maximum Gasteiger partial charge on any atom is 0.508 e. The molecule has 0 aliphatic rings. The van der Waals surface area contributed by atoms with Crippen LogP contribution in [0.15, 0.2) is 15.8 Å². The van der Waals surface area contributed by atoms with Gasteiger partial charge in [0.2, 0.25) is 0 Å². The Kier molecular flexibility index (Phi) is 10.9. The third-order valence-electron chi connectivity index (χ3n) is 3.91. The summed E-state index contributed by atoms with van der Waals surface area (Å²) >= 11 is 0. The quantitative estimate of drug-likeness (QED) is 0.359. The lowest BCUT2D eigenvalue weighted by Gasteiger charge is -2.23. The van der Waals surface area contributed by atoms with Gasteiger partial charge < -0.3 is 23.7 Å². The fraction of sp³-hybridized carbons (Fsp3) is 0.727. The van der Waals surface area contributed by atoms with Crippen molar-refractivity contribution in [2.24, 2.45) is 0 Å². The van der Waals surface area contributed by atoms with Crippen molar-refractivity contribution < 1.29 is 37.7 Å². The Morgan fingerprint density at radius 2 is 1.59 bits per heavy atom. The summed E-state index contributed by atoms with van der Waals surface area (Å²) < 4.78 is 39.8. The van der Waals surface area contributed by atoms with Gasteiger partial charge in [-0.3, -0.25) is 9.36 Å². The van der Waals surface area contributed by atoms with Gasteiger partial charge in [-0.05, 0) is 48.5 Å². The first-order chi connectivity index (χ1) is 15.7. The van der Waals surface area contributed by atoms with Gasteiger partial charge in [-0.25, -0.2) is 18.8 Å². The molecular weight excluding hydrogens is 455 g/mol. The Morgan fingerprint density at radius 3 is 2.15 bits per heavy atom. The van der Waals surface area contributed by atoms with E-state index in [1.807, 2.05) is 0 Å². The number of carbonyl (C=O) groups is 2. The molecule has 0 radical (unpaired) electrons. The summed E-state index contributed by atoms with van der Waals surface area (Å²) in [6.45, 7) is 10.2. The first-order valence-electron chi connectivity index (χ1n) is 10.9. The van der Waals surface area contributed by atoms with Crippen LogP contribution in [0.4, 0.5) is 14.0 Å². The third-order valence-corrected chi connectivity index (χ3v) is 3.91. The third kappa shape index (κ3) is 10.0. The topological polar surface area (TPSA) is 124 Å². The van der Waals surface area contributed by atoms with E-state index >= 15 is 0 Å². The van der Waals surface area contributed by atoms with E-state index in [-0.39, 0.29) is 38.4 Å². The van der Waals surface area contributed by atoms with E-state index in [9.17, 15) is 23.6 Å². The van der Waals surface area contributed by atoms with Gasteiger partial charge in [0, 0.05) is 18.2 Å². The van der Waals surface area contributed by atoms with E-state index in [4.69, 9.17) is 23.7 Å². The minimum absolute atomic E-state index is 0.0264. The number of hydrogen-bond donors (Lipinski definition) is 0. The summed E-state index contributed by atoms with van der Waals surface area (Å²) in [6.07, 6.45) is -1.69. The van der Waals surface area contributed by atoms with Gasteiger partial charge in [-0.2, -0.15) is 4.57 Å². The van der Waals surface area contributed by atoms with E-state index < -0.39 is 47.6 Å². The van der Waals surface area contributed by atoms with E-state index in [0.29, 0.717) is 4.57 Å². The molecule has 1 atom stereocenters. The van der Waals surface area contributed by atoms with Crippen LogP contribution in [-0.4, -0.2) is 65.7 Å². The maximum atomic E-state index is 13.0. The second-order valence-electron chi connectivity index (χ2n) is 9.35. The number of ether oxygens (including phenoxy) is 5. The number of nitrogens with zero attached hydrogens (tertiary/aromatic N) is 2. The molecule has 0 saturated heterocycles. The molecular formula is C22H35FN2O9. The molecule has 11 nitrogen and oxygen atoms in total. The van der Waals surface area contributed by atoms with E-state index in [1.54, 1.807) is 41.5 Å². The Labute approximate surface area is 197 Å². The van der Waals surface area contributed by atoms with E-state index in [2.05, 4.69) is 0 Å². The molecule has 0 N–H and O–H groups in total. The number of carbonyl (C=O) groups excluding carboxylic acids is 2. The lowest BCUT2D eigenvalue weighted by atomic mass is 10.2. The molecule has 0 aliphatic heterocycles. The zero-order valence-electron chi connectivity index (χ0n) is 20.8. The SMILES string of the molecule is Cc1cn(C(CCOCCF)OCCOC(=O)OC(C)(C)C)c(=O)n(C(=O)OC(C)(C)C)c1=O. The van der Waals surface area contributed by atoms with Crippen molar-refractivity contribution in [1.82, 2.24) is 9.13 Å². The molecule has 0 aromatic carbocycles. The number of rotatable bonds is 10. The second kappa shape index (κ2) is 12.7. The average Bonchev–Trinajstić information content (AvgIpc) is 2.67. The van der Waals surface area contributed by atoms with Crippen molar-refractivity contribution >= 4 is 12.2 Å². The van der Waals surface area contributed by atoms with Crippen molar-refractivity contribution in [3.8, 4) is 0 Å². The zero-order chi connectivity index (χ0) is 26.1. The van der Waals surface area contributed by atoms with E-state index in [0.717, 1.165) is 4.57 Å². The number of aryl methyl sites for hydroxylation is 1. The Balaban J connectivity index is 3.11. The minimum Gasteiger partial charge on any atom is -0.443 e. The molecule has 34 heavy (non-hydrogen) atoms. The highest BCUT2D eigenvalue weighted by atomic mass is 19.1. The van der Waals surface area contributed by atoms with Gasteiger partial charge >= 0.3 is 17.9 Å². The van der Waals surface area contributed by atoms with Crippen LogP contribution in [0.3, 0.4) is 0 Å². The Morgan fingerprint density at radius 1 is 0.971 bits per heavy atom. The van der Waals surface area contributed by atoms with Crippen LogP contribution >= 0.6 is 0 Å². The van der Waals surface area contributed by atoms with Crippen molar-refractivity contribution in [3.05, 3.63) is 32.6 Å². The van der Waals surface area contributed by atoms with Gasteiger partial charge in [-0.15, -0.1) is 0 Å². The predicted molar refractivity (Wildman–Crippen MR) is 120 cm³/mol. The van der Waals surface area contributed by atoms with Crippen LogP contribution in [0.5, 0.6) is 0 Å². The summed E-state index contributed by atoms with van der Waals surface area (Å²) in [4.78, 5) is 49.8. The summed E-state index contributed by atoms with van der Waals surface area (Å²) in [6, 6.07) is 0. The highest BCUT2D eigenvalue weighted by molar-refractivity contribution is 5.70. The van der Waals surface area contributed by atoms with Crippen LogP contribution in [0.1, 0.15) is 59.8 Å². The minimum atomic E-state index is -1.12. The average molecular weight is 491 g/mol. The summed E-state index contributed by atoms with van der Waals surface area (Å²) in [5, 5.41) is 0. The van der Waals surface area contributed by atoms with Crippen LogP contribution in [0.2, 0.25) is 0 Å². The summed E-state index contributed by atoms with van der Waals surface area (Å²) in [7, 11) is 0. The van der Waals surface area contributed by atoms with E-state index in [1.165, 1.54) is 13.1 Å². The maximum absolute atomic E-state index is 13.0. The zero-order valence-corrected chi connectivity index (χ0v) is 20.8. The Hall–Kier alpha value is -2.73. The van der Waals surface area contributed by atoms with Crippen LogP contribution in [0, 0.1) is 6.92 Å². The van der Waals surface area contributed by atoms with Crippen molar-refractivity contribution in [1.29, 1.82) is 0 Å². The fourth-order valence-electron chi connectivity index (χ4n) is 2.60. The highest BCUT2D eigenvalue weighted by Gasteiger charge is 2.25.